The van der Waals surface area contributed by atoms with Gasteiger partial charge in [-0.1, -0.05) is 24.3 Å². The molecule has 122 valence electrons. The Kier molecular flexibility index (Phi) is 4.18. The molecule has 3 N–H and O–H groups in total. The first kappa shape index (κ1) is 15.9. The number of rotatable bonds is 4. The molecule has 0 aliphatic carbocycles. The summed E-state index contributed by atoms with van der Waals surface area (Å²) in [6.07, 6.45) is 2.75. The summed E-state index contributed by atoms with van der Waals surface area (Å²) in [6, 6.07) is 13.8. The van der Waals surface area contributed by atoms with Crippen LogP contribution in [0.3, 0.4) is 0 Å². The Bertz CT molecular complexity index is 956. The lowest BCUT2D eigenvalue weighted by Crippen LogP contribution is -2.13. The Morgan fingerprint density at radius 2 is 1.71 bits per heavy atom. The van der Waals surface area contributed by atoms with Gasteiger partial charge in [0.15, 0.2) is 0 Å². The van der Waals surface area contributed by atoms with Crippen LogP contribution in [0.1, 0.15) is 5.56 Å². The molecule has 0 radical (unpaired) electrons. The van der Waals surface area contributed by atoms with Crippen molar-refractivity contribution in [3.05, 3.63) is 66.6 Å². The van der Waals surface area contributed by atoms with Crippen LogP contribution in [0, 0.1) is 6.92 Å². The molecule has 0 atom stereocenters. The maximum absolute atomic E-state index is 12.4. The van der Waals surface area contributed by atoms with Crippen LogP contribution in [0.5, 0.6) is 0 Å². The molecule has 24 heavy (non-hydrogen) atoms. The normalized spacial score (nSPS) is 11.2. The highest BCUT2D eigenvalue weighted by molar-refractivity contribution is 7.92. The van der Waals surface area contributed by atoms with E-state index in [1.54, 1.807) is 24.3 Å². The average molecular weight is 340 g/mol. The van der Waals surface area contributed by atoms with Crippen molar-refractivity contribution < 1.29 is 8.42 Å². The number of hydrogen-bond acceptors (Lipinski definition) is 5. The maximum Gasteiger partial charge on any atom is 0.263 e. The predicted molar refractivity (Wildman–Crippen MR) is 93.9 cm³/mol. The van der Waals surface area contributed by atoms with E-state index in [2.05, 4.69) is 14.7 Å². The van der Waals surface area contributed by atoms with Crippen molar-refractivity contribution in [3.8, 4) is 11.1 Å². The number of nitrogens with zero attached hydrogens (tertiary/aromatic N) is 2. The molecule has 0 saturated carbocycles. The van der Waals surface area contributed by atoms with E-state index in [0.717, 1.165) is 16.7 Å². The SMILES string of the molecule is Cc1ccc(-c2ccc(S(=O)(=O)Nc3ccncn3)cc2)cc1N. The first-order chi connectivity index (χ1) is 11.5. The van der Waals surface area contributed by atoms with Gasteiger partial charge in [0.2, 0.25) is 0 Å². The van der Waals surface area contributed by atoms with Gasteiger partial charge < -0.3 is 5.73 Å². The largest absolute Gasteiger partial charge is 0.398 e. The smallest absolute Gasteiger partial charge is 0.263 e. The predicted octanol–water partition coefficient (Wildman–Crippen LogP) is 2.84. The topological polar surface area (TPSA) is 98.0 Å². The van der Waals surface area contributed by atoms with Gasteiger partial charge in [0.05, 0.1) is 4.90 Å². The molecule has 0 fully saturated rings. The molecule has 6 nitrogen and oxygen atoms in total. The van der Waals surface area contributed by atoms with Gasteiger partial charge in [0.1, 0.15) is 12.1 Å². The molecule has 0 bridgehead atoms. The van der Waals surface area contributed by atoms with Gasteiger partial charge in [0, 0.05) is 11.9 Å². The van der Waals surface area contributed by atoms with Crippen LogP contribution in [0.15, 0.2) is 66.0 Å². The summed E-state index contributed by atoms with van der Waals surface area (Å²) in [4.78, 5) is 7.76. The van der Waals surface area contributed by atoms with Gasteiger partial charge in [-0.05, 0) is 47.9 Å². The van der Waals surface area contributed by atoms with Crippen molar-refractivity contribution in [1.29, 1.82) is 0 Å². The number of nitrogens with two attached hydrogens (primary N) is 1. The van der Waals surface area contributed by atoms with E-state index in [0.29, 0.717) is 5.69 Å². The van der Waals surface area contributed by atoms with Crippen LogP contribution in [-0.4, -0.2) is 18.4 Å². The standard InChI is InChI=1S/C17H16N4O2S/c1-12-2-3-14(10-16(12)18)13-4-6-15(7-5-13)24(22,23)21-17-8-9-19-11-20-17/h2-11H,18H2,1H3,(H,19,20,21). The summed E-state index contributed by atoms with van der Waals surface area (Å²) in [5, 5.41) is 0. The van der Waals surface area contributed by atoms with Gasteiger partial charge >= 0.3 is 0 Å². The molecule has 7 heteroatoms. The number of hydrogen-bond donors (Lipinski definition) is 2. The molecule has 2 aromatic carbocycles. The Hall–Kier alpha value is -2.93. The third-order valence-corrected chi connectivity index (χ3v) is 4.97. The van der Waals surface area contributed by atoms with E-state index in [1.165, 1.54) is 18.6 Å². The Morgan fingerprint density at radius 1 is 1.00 bits per heavy atom. The van der Waals surface area contributed by atoms with E-state index in [9.17, 15) is 8.42 Å². The molecule has 0 spiro atoms. The molecule has 0 unspecified atom stereocenters. The fourth-order valence-corrected chi connectivity index (χ4v) is 3.20. The minimum absolute atomic E-state index is 0.157. The molecule has 0 saturated heterocycles. The zero-order valence-corrected chi connectivity index (χ0v) is 13.8. The molecule has 3 aromatic rings. The number of anilines is 2. The number of aryl methyl sites for hydroxylation is 1. The third-order valence-electron chi connectivity index (χ3n) is 3.60. The minimum atomic E-state index is -3.69. The van der Waals surface area contributed by atoms with Crippen LogP contribution < -0.4 is 10.5 Å². The van der Waals surface area contributed by atoms with Crippen LogP contribution in [0.25, 0.3) is 11.1 Å². The van der Waals surface area contributed by atoms with Gasteiger partial charge in [-0.3, -0.25) is 4.72 Å². The van der Waals surface area contributed by atoms with Gasteiger partial charge in [-0.15, -0.1) is 0 Å². The van der Waals surface area contributed by atoms with Crippen molar-refractivity contribution in [2.45, 2.75) is 11.8 Å². The van der Waals surface area contributed by atoms with Gasteiger partial charge in [-0.2, -0.15) is 0 Å². The number of sulfonamides is 1. The fourth-order valence-electron chi connectivity index (χ4n) is 2.19. The summed E-state index contributed by atoms with van der Waals surface area (Å²) in [7, 11) is -3.69. The highest BCUT2D eigenvalue weighted by atomic mass is 32.2. The summed E-state index contributed by atoms with van der Waals surface area (Å²) in [5.74, 6) is 0.223. The highest BCUT2D eigenvalue weighted by Crippen LogP contribution is 2.25. The van der Waals surface area contributed by atoms with Crippen LogP contribution in [-0.2, 0) is 10.0 Å². The van der Waals surface area contributed by atoms with Gasteiger partial charge in [-0.25, -0.2) is 18.4 Å². The zero-order valence-electron chi connectivity index (χ0n) is 13.0. The molecular formula is C17H16N4O2S. The molecular weight excluding hydrogens is 324 g/mol. The Balaban J connectivity index is 1.87. The van der Waals surface area contributed by atoms with Gasteiger partial charge in [0.25, 0.3) is 10.0 Å². The fraction of sp³-hybridized carbons (Fsp3) is 0.0588. The van der Waals surface area contributed by atoms with E-state index in [-0.39, 0.29) is 10.7 Å². The number of nitrogen functional groups attached to an aromatic ring is 1. The molecule has 0 aliphatic heterocycles. The lowest BCUT2D eigenvalue weighted by molar-refractivity contribution is 0.601. The monoisotopic (exact) mass is 340 g/mol. The van der Waals surface area contributed by atoms with Crippen LogP contribution in [0.4, 0.5) is 11.5 Å². The maximum atomic E-state index is 12.4. The Morgan fingerprint density at radius 3 is 2.33 bits per heavy atom. The average Bonchev–Trinajstić information content (AvgIpc) is 2.58. The second-order valence-electron chi connectivity index (χ2n) is 5.30. The minimum Gasteiger partial charge on any atom is -0.398 e. The molecule has 0 aliphatic rings. The van der Waals surface area contributed by atoms with E-state index in [4.69, 9.17) is 5.73 Å². The second-order valence-corrected chi connectivity index (χ2v) is 6.98. The summed E-state index contributed by atoms with van der Waals surface area (Å²) >= 11 is 0. The summed E-state index contributed by atoms with van der Waals surface area (Å²) < 4.78 is 27.1. The number of benzene rings is 2. The number of aromatic nitrogens is 2. The molecule has 0 amide bonds. The van der Waals surface area contributed by atoms with Crippen molar-refractivity contribution in [1.82, 2.24) is 9.97 Å². The molecule has 1 aromatic heterocycles. The summed E-state index contributed by atoms with van der Waals surface area (Å²) in [6.45, 7) is 1.94. The second kappa shape index (κ2) is 6.29. The van der Waals surface area contributed by atoms with Crippen molar-refractivity contribution >= 4 is 21.5 Å². The third kappa shape index (κ3) is 3.36. The first-order valence-corrected chi connectivity index (χ1v) is 8.69. The van der Waals surface area contributed by atoms with E-state index in [1.807, 2.05) is 25.1 Å². The highest BCUT2D eigenvalue weighted by Gasteiger charge is 2.14. The van der Waals surface area contributed by atoms with E-state index >= 15 is 0 Å². The van der Waals surface area contributed by atoms with Crippen LogP contribution >= 0.6 is 0 Å². The van der Waals surface area contributed by atoms with Crippen molar-refractivity contribution in [2.75, 3.05) is 10.5 Å². The van der Waals surface area contributed by atoms with Crippen LogP contribution in [0.2, 0.25) is 0 Å². The summed E-state index contributed by atoms with van der Waals surface area (Å²) in [5.41, 5.74) is 9.46. The number of nitrogens with one attached hydrogen (secondary N) is 1. The quantitative estimate of drug-likeness (QED) is 0.712. The first-order valence-electron chi connectivity index (χ1n) is 7.21. The Labute approximate surface area is 140 Å². The molecule has 3 rings (SSSR count). The zero-order chi connectivity index (χ0) is 17.2. The van der Waals surface area contributed by atoms with Crippen molar-refractivity contribution in [3.63, 3.8) is 0 Å². The molecule has 1 heterocycles. The van der Waals surface area contributed by atoms with E-state index < -0.39 is 10.0 Å². The lowest BCUT2D eigenvalue weighted by atomic mass is 10.0. The van der Waals surface area contributed by atoms with Crippen molar-refractivity contribution in [2.24, 2.45) is 0 Å². The lowest BCUT2D eigenvalue weighted by Gasteiger charge is -2.09.